The van der Waals surface area contributed by atoms with E-state index in [9.17, 15) is 5.11 Å². The summed E-state index contributed by atoms with van der Waals surface area (Å²) in [5.41, 5.74) is 8.05. The van der Waals surface area contributed by atoms with E-state index in [0.29, 0.717) is 32.6 Å². The van der Waals surface area contributed by atoms with Gasteiger partial charge in [-0.05, 0) is 17.5 Å². The lowest BCUT2D eigenvalue weighted by molar-refractivity contribution is -0.0628. The van der Waals surface area contributed by atoms with Crippen LogP contribution in [0.4, 0.5) is 0 Å². The average Bonchev–Trinajstić information content (AvgIpc) is 2.75. The lowest BCUT2D eigenvalue weighted by atomic mass is 9.94. The third kappa shape index (κ3) is 2.67. The van der Waals surface area contributed by atoms with E-state index >= 15 is 0 Å². The van der Waals surface area contributed by atoms with Gasteiger partial charge in [-0.2, -0.15) is 0 Å². The summed E-state index contributed by atoms with van der Waals surface area (Å²) in [7, 11) is 0. The van der Waals surface area contributed by atoms with Crippen molar-refractivity contribution in [3.8, 4) is 0 Å². The van der Waals surface area contributed by atoms with Crippen LogP contribution in [0.3, 0.4) is 0 Å². The molecule has 1 aliphatic carbocycles. The van der Waals surface area contributed by atoms with Gasteiger partial charge in [0.25, 0.3) is 0 Å². The van der Waals surface area contributed by atoms with Gasteiger partial charge in [-0.3, -0.25) is 0 Å². The molecule has 1 aliphatic heterocycles. The molecule has 2 unspecified atom stereocenters. The molecular weight excluding hydrogens is 240 g/mol. The Kier molecular flexibility index (Phi) is 3.58. The third-order valence-electron chi connectivity index (χ3n) is 4.36. The number of benzene rings is 1. The van der Waals surface area contributed by atoms with E-state index in [4.69, 9.17) is 10.5 Å². The molecule has 1 fully saturated rings. The van der Waals surface area contributed by atoms with Crippen molar-refractivity contribution in [1.29, 1.82) is 0 Å². The van der Waals surface area contributed by atoms with Crippen molar-refractivity contribution in [3.63, 3.8) is 0 Å². The van der Waals surface area contributed by atoms with Crippen molar-refractivity contribution in [2.75, 3.05) is 19.8 Å². The number of rotatable bonds is 3. The maximum absolute atomic E-state index is 10.5. The second-order valence-corrected chi connectivity index (χ2v) is 5.74. The Labute approximate surface area is 114 Å². The minimum atomic E-state index is -0.625. The quantitative estimate of drug-likeness (QED) is 0.767. The lowest BCUT2D eigenvalue weighted by Crippen LogP contribution is -2.45. The zero-order valence-electron chi connectivity index (χ0n) is 11.1. The molecule has 0 spiro atoms. The summed E-state index contributed by atoms with van der Waals surface area (Å²) in [4.78, 5) is 0. The Morgan fingerprint density at radius 3 is 2.68 bits per heavy atom. The molecule has 19 heavy (non-hydrogen) atoms. The number of nitrogens with two attached hydrogens (primary N) is 1. The van der Waals surface area contributed by atoms with Crippen LogP contribution in [0.2, 0.25) is 0 Å². The molecular formula is C15H22N2O2. The van der Waals surface area contributed by atoms with E-state index in [1.54, 1.807) is 0 Å². The molecule has 0 bridgehead atoms. The molecule has 0 radical (unpaired) electrons. The second-order valence-electron chi connectivity index (χ2n) is 5.74. The molecule has 2 atom stereocenters. The van der Waals surface area contributed by atoms with Crippen molar-refractivity contribution < 1.29 is 9.84 Å². The molecule has 0 saturated carbocycles. The van der Waals surface area contributed by atoms with Gasteiger partial charge in [0.2, 0.25) is 0 Å². The fourth-order valence-electron chi connectivity index (χ4n) is 3.11. The Bertz CT molecular complexity index is 444. The van der Waals surface area contributed by atoms with Crippen molar-refractivity contribution in [2.24, 2.45) is 5.73 Å². The first-order valence-electron chi connectivity index (χ1n) is 7.06. The molecule has 104 valence electrons. The zero-order chi connectivity index (χ0) is 13.3. The highest BCUT2D eigenvalue weighted by Gasteiger charge is 2.33. The summed E-state index contributed by atoms with van der Waals surface area (Å²) >= 11 is 0. The maximum atomic E-state index is 10.5. The summed E-state index contributed by atoms with van der Waals surface area (Å²) in [6, 6.07) is 8.69. The van der Waals surface area contributed by atoms with E-state index in [1.165, 1.54) is 11.1 Å². The number of hydrogen-bond donors (Lipinski definition) is 3. The fourth-order valence-corrected chi connectivity index (χ4v) is 3.11. The summed E-state index contributed by atoms with van der Waals surface area (Å²) in [5.74, 6) is 0. The Morgan fingerprint density at radius 2 is 1.95 bits per heavy atom. The normalized spacial score (nSPS) is 29.2. The zero-order valence-corrected chi connectivity index (χ0v) is 11.1. The first kappa shape index (κ1) is 13.1. The van der Waals surface area contributed by atoms with E-state index in [-0.39, 0.29) is 12.1 Å². The number of hydrogen-bond acceptors (Lipinski definition) is 4. The molecule has 1 aromatic carbocycles. The van der Waals surface area contributed by atoms with Crippen LogP contribution in [-0.4, -0.2) is 30.5 Å². The number of nitrogens with one attached hydrogen (secondary N) is 1. The van der Waals surface area contributed by atoms with Gasteiger partial charge in [-0.15, -0.1) is 0 Å². The Hall–Kier alpha value is -0.940. The molecule has 3 rings (SSSR count). The average molecular weight is 262 g/mol. The van der Waals surface area contributed by atoms with E-state index in [2.05, 4.69) is 23.5 Å². The van der Waals surface area contributed by atoms with Gasteiger partial charge in [-0.1, -0.05) is 24.3 Å². The van der Waals surface area contributed by atoms with Gasteiger partial charge in [0, 0.05) is 44.7 Å². The molecule has 1 aromatic rings. The van der Waals surface area contributed by atoms with Crippen LogP contribution in [-0.2, 0) is 4.74 Å². The van der Waals surface area contributed by atoms with Crippen molar-refractivity contribution >= 4 is 0 Å². The topological polar surface area (TPSA) is 67.5 Å². The summed E-state index contributed by atoms with van der Waals surface area (Å²) in [6.45, 7) is 1.92. The van der Waals surface area contributed by atoms with Gasteiger partial charge < -0.3 is 20.9 Å². The first-order valence-corrected chi connectivity index (χ1v) is 7.06. The van der Waals surface area contributed by atoms with Crippen molar-refractivity contribution in [1.82, 2.24) is 5.32 Å². The van der Waals surface area contributed by atoms with Gasteiger partial charge in [-0.25, -0.2) is 0 Å². The maximum Gasteiger partial charge on any atom is 0.0815 e. The number of aliphatic hydroxyl groups is 1. The second kappa shape index (κ2) is 5.21. The van der Waals surface area contributed by atoms with E-state index in [1.807, 2.05) is 6.07 Å². The van der Waals surface area contributed by atoms with Gasteiger partial charge in [0.05, 0.1) is 5.60 Å². The highest BCUT2D eigenvalue weighted by Crippen LogP contribution is 2.37. The van der Waals surface area contributed by atoms with E-state index in [0.717, 1.165) is 6.42 Å². The van der Waals surface area contributed by atoms with Crippen molar-refractivity contribution in [3.05, 3.63) is 35.4 Å². The lowest BCUT2D eigenvalue weighted by Gasteiger charge is -2.33. The molecule has 4 nitrogen and oxygen atoms in total. The van der Waals surface area contributed by atoms with Crippen LogP contribution in [0.1, 0.15) is 42.5 Å². The van der Waals surface area contributed by atoms with E-state index < -0.39 is 5.60 Å². The summed E-state index contributed by atoms with van der Waals surface area (Å²) < 4.78 is 5.30. The van der Waals surface area contributed by atoms with Crippen LogP contribution < -0.4 is 11.1 Å². The highest BCUT2D eigenvalue weighted by atomic mass is 16.5. The fraction of sp³-hybridized carbons (Fsp3) is 0.600. The summed E-state index contributed by atoms with van der Waals surface area (Å²) in [6.07, 6.45) is 2.33. The molecule has 4 N–H and O–H groups in total. The molecule has 1 saturated heterocycles. The highest BCUT2D eigenvalue weighted by molar-refractivity contribution is 5.37. The van der Waals surface area contributed by atoms with Crippen LogP contribution >= 0.6 is 0 Å². The van der Waals surface area contributed by atoms with Crippen LogP contribution in [0.15, 0.2) is 24.3 Å². The molecule has 4 heteroatoms. The van der Waals surface area contributed by atoms with Crippen molar-refractivity contribution in [2.45, 2.75) is 36.9 Å². The number of fused-ring (bicyclic) bond motifs is 1. The predicted octanol–water partition coefficient (Wildman–Crippen LogP) is 1.26. The first-order chi connectivity index (χ1) is 9.18. The number of ether oxygens (including phenoxy) is 1. The Balaban J connectivity index is 1.65. The smallest absolute Gasteiger partial charge is 0.0815 e. The third-order valence-corrected chi connectivity index (χ3v) is 4.36. The van der Waals surface area contributed by atoms with Crippen LogP contribution in [0, 0.1) is 0 Å². The standard InChI is InChI=1S/C15H22N2O2/c16-13-9-14(12-4-2-1-3-11(12)13)17-10-15(18)5-7-19-8-6-15/h1-4,13-14,17-18H,5-10,16H2. The molecule has 2 aliphatic rings. The molecule has 0 aromatic heterocycles. The molecule has 0 amide bonds. The predicted molar refractivity (Wildman–Crippen MR) is 73.7 cm³/mol. The minimum absolute atomic E-state index is 0.109. The largest absolute Gasteiger partial charge is 0.388 e. The summed E-state index contributed by atoms with van der Waals surface area (Å²) in [5, 5.41) is 14.0. The Morgan fingerprint density at radius 1 is 1.26 bits per heavy atom. The van der Waals surface area contributed by atoms with Gasteiger partial charge in [0.15, 0.2) is 0 Å². The molecule has 1 heterocycles. The SMILES string of the molecule is NC1CC(NCC2(O)CCOCC2)c2ccccc21. The van der Waals surface area contributed by atoms with Gasteiger partial charge >= 0.3 is 0 Å². The van der Waals surface area contributed by atoms with Crippen LogP contribution in [0.25, 0.3) is 0 Å². The monoisotopic (exact) mass is 262 g/mol. The van der Waals surface area contributed by atoms with Gasteiger partial charge in [0.1, 0.15) is 0 Å². The van der Waals surface area contributed by atoms with Crippen LogP contribution in [0.5, 0.6) is 0 Å². The minimum Gasteiger partial charge on any atom is -0.388 e.